The van der Waals surface area contributed by atoms with Crippen molar-refractivity contribution in [1.29, 1.82) is 0 Å². The molecule has 5 nitrogen and oxygen atoms in total. The van der Waals surface area contributed by atoms with Gasteiger partial charge in [0.05, 0.1) is 12.7 Å². The molecule has 0 atom stereocenters. The fraction of sp³-hybridized carbons (Fsp3) is 0.636. The van der Waals surface area contributed by atoms with Gasteiger partial charge in [0.25, 0.3) is 0 Å². The fourth-order valence-electron chi connectivity index (χ4n) is 2.12. The number of aromatic nitrogens is 1. The van der Waals surface area contributed by atoms with E-state index in [2.05, 4.69) is 15.2 Å². The predicted octanol–water partition coefficient (Wildman–Crippen LogP) is 0.836. The third-order valence-electron chi connectivity index (χ3n) is 3.03. The summed E-state index contributed by atoms with van der Waals surface area (Å²) in [7, 11) is 0. The van der Waals surface area contributed by atoms with Crippen LogP contribution in [0.4, 0.5) is 0 Å². The summed E-state index contributed by atoms with van der Waals surface area (Å²) in [5.74, 6) is -0.251. The quantitative estimate of drug-likeness (QED) is 0.842. The summed E-state index contributed by atoms with van der Waals surface area (Å²) in [5.41, 5.74) is 5.18. The number of amides is 1. The van der Waals surface area contributed by atoms with Crippen LogP contribution in [-0.2, 0) is 11.3 Å². The van der Waals surface area contributed by atoms with Crippen molar-refractivity contribution in [2.45, 2.75) is 25.4 Å². The summed E-state index contributed by atoms with van der Waals surface area (Å²) in [5, 5.41) is 4.48. The van der Waals surface area contributed by atoms with Crippen LogP contribution in [0, 0.1) is 0 Å². The van der Waals surface area contributed by atoms with Gasteiger partial charge < -0.3 is 11.1 Å². The third-order valence-corrected chi connectivity index (χ3v) is 4.15. The molecule has 0 aromatic carbocycles. The van der Waals surface area contributed by atoms with E-state index in [1.807, 2.05) is 0 Å². The maximum Gasteiger partial charge on any atom is 0.231 e. The highest BCUT2D eigenvalue weighted by Gasteiger charge is 2.19. The van der Waals surface area contributed by atoms with Gasteiger partial charge in [-0.1, -0.05) is 11.6 Å². The van der Waals surface area contributed by atoms with Crippen LogP contribution in [0.5, 0.6) is 0 Å². The topological polar surface area (TPSA) is 71.2 Å². The number of halogens is 1. The molecule has 0 saturated carbocycles. The molecule has 2 heterocycles. The second-order valence-electron chi connectivity index (χ2n) is 4.46. The van der Waals surface area contributed by atoms with E-state index in [1.54, 1.807) is 6.20 Å². The lowest BCUT2D eigenvalue weighted by Gasteiger charge is -2.31. The lowest BCUT2D eigenvalue weighted by Crippen LogP contribution is -2.45. The van der Waals surface area contributed by atoms with Crippen molar-refractivity contribution in [2.24, 2.45) is 5.73 Å². The molecule has 2 rings (SSSR count). The van der Waals surface area contributed by atoms with Gasteiger partial charge in [0.2, 0.25) is 5.91 Å². The Morgan fingerprint density at radius 3 is 2.89 bits per heavy atom. The molecule has 3 N–H and O–H groups in total. The van der Waals surface area contributed by atoms with Gasteiger partial charge in [-0.2, -0.15) is 0 Å². The van der Waals surface area contributed by atoms with Crippen molar-refractivity contribution in [3.8, 4) is 0 Å². The minimum atomic E-state index is -0.251. The van der Waals surface area contributed by atoms with E-state index in [0.717, 1.165) is 41.8 Å². The van der Waals surface area contributed by atoms with Gasteiger partial charge in [0.15, 0.2) is 0 Å². The molecule has 18 heavy (non-hydrogen) atoms. The van der Waals surface area contributed by atoms with Gasteiger partial charge in [-0.15, -0.1) is 11.3 Å². The number of hydrogen-bond acceptors (Lipinski definition) is 5. The monoisotopic (exact) mass is 288 g/mol. The molecule has 100 valence electrons. The highest BCUT2D eigenvalue weighted by atomic mass is 35.5. The molecule has 1 fully saturated rings. The first-order valence-corrected chi connectivity index (χ1v) is 7.17. The van der Waals surface area contributed by atoms with Crippen LogP contribution < -0.4 is 11.1 Å². The van der Waals surface area contributed by atoms with E-state index in [4.69, 9.17) is 17.3 Å². The Labute approximate surface area is 115 Å². The zero-order valence-corrected chi connectivity index (χ0v) is 11.6. The van der Waals surface area contributed by atoms with Crippen molar-refractivity contribution in [1.82, 2.24) is 15.2 Å². The molecule has 1 aromatic heterocycles. The number of likely N-dealkylation sites (tertiary alicyclic amines) is 1. The Kier molecular flexibility index (Phi) is 4.94. The summed E-state index contributed by atoms with van der Waals surface area (Å²) in [6.07, 6.45) is 3.75. The van der Waals surface area contributed by atoms with Crippen LogP contribution in [-0.4, -0.2) is 41.5 Å². The Morgan fingerprint density at radius 2 is 2.33 bits per heavy atom. The molecular formula is C11H17ClN4OS. The number of piperidine rings is 1. The highest BCUT2D eigenvalue weighted by molar-refractivity contribution is 7.15. The van der Waals surface area contributed by atoms with E-state index >= 15 is 0 Å². The number of nitrogens with two attached hydrogens (primary N) is 1. The summed E-state index contributed by atoms with van der Waals surface area (Å²) < 4.78 is 0.725. The Morgan fingerprint density at radius 1 is 1.61 bits per heavy atom. The normalized spacial score (nSPS) is 18.1. The number of carbonyl (C=O) groups excluding carboxylic acids is 1. The molecule has 0 spiro atoms. The fourth-order valence-corrected chi connectivity index (χ4v) is 3.02. The summed E-state index contributed by atoms with van der Waals surface area (Å²) >= 11 is 7.33. The van der Waals surface area contributed by atoms with Crippen molar-refractivity contribution in [3.05, 3.63) is 15.5 Å². The number of hydrogen-bond donors (Lipinski definition) is 2. The van der Waals surface area contributed by atoms with E-state index in [9.17, 15) is 4.79 Å². The van der Waals surface area contributed by atoms with E-state index in [1.165, 1.54) is 11.3 Å². The molecule has 1 aromatic rings. The first-order valence-electron chi connectivity index (χ1n) is 5.98. The molecule has 1 aliphatic heterocycles. The van der Waals surface area contributed by atoms with E-state index in [0.29, 0.717) is 12.6 Å². The summed E-state index contributed by atoms with van der Waals surface area (Å²) in [6.45, 7) is 2.96. The first-order chi connectivity index (χ1) is 8.63. The second kappa shape index (κ2) is 6.47. The van der Waals surface area contributed by atoms with E-state index in [-0.39, 0.29) is 5.91 Å². The summed E-state index contributed by atoms with van der Waals surface area (Å²) in [4.78, 5) is 17.1. The first kappa shape index (κ1) is 13.7. The second-order valence-corrected chi connectivity index (χ2v) is 6.20. The molecule has 0 bridgehead atoms. The lowest BCUT2D eigenvalue weighted by atomic mass is 10.1. The average molecular weight is 289 g/mol. The SMILES string of the molecule is NC(=O)CN1CCC(NCc2ncc(Cl)s2)CC1. The van der Waals surface area contributed by atoms with Gasteiger partial charge in [0, 0.05) is 25.7 Å². The minimum Gasteiger partial charge on any atom is -0.369 e. The standard InChI is InChI=1S/C11H17ClN4OS/c12-9-5-15-11(18-9)6-14-8-1-3-16(4-2-8)7-10(13)17/h5,8,14H,1-4,6-7H2,(H2,13,17). The van der Waals surface area contributed by atoms with Crippen molar-refractivity contribution >= 4 is 28.8 Å². The summed E-state index contributed by atoms with van der Waals surface area (Å²) in [6, 6.07) is 0.483. The van der Waals surface area contributed by atoms with Crippen LogP contribution in [0.25, 0.3) is 0 Å². The Balaban J connectivity index is 1.69. The molecule has 0 radical (unpaired) electrons. The molecule has 1 saturated heterocycles. The van der Waals surface area contributed by atoms with Crippen molar-refractivity contribution in [3.63, 3.8) is 0 Å². The molecule has 7 heteroatoms. The van der Waals surface area contributed by atoms with Gasteiger partial charge in [-0.25, -0.2) is 4.98 Å². The van der Waals surface area contributed by atoms with Gasteiger partial charge >= 0.3 is 0 Å². The van der Waals surface area contributed by atoms with Crippen LogP contribution in [0.2, 0.25) is 4.34 Å². The zero-order chi connectivity index (χ0) is 13.0. The molecule has 1 aliphatic rings. The smallest absolute Gasteiger partial charge is 0.231 e. The van der Waals surface area contributed by atoms with Crippen molar-refractivity contribution in [2.75, 3.05) is 19.6 Å². The molecule has 0 unspecified atom stereocenters. The van der Waals surface area contributed by atoms with Gasteiger partial charge in [0.1, 0.15) is 9.34 Å². The molecular weight excluding hydrogens is 272 g/mol. The number of rotatable bonds is 5. The Hall–Kier alpha value is -0.690. The number of nitrogens with zero attached hydrogens (tertiary/aromatic N) is 2. The maximum absolute atomic E-state index is 10.8. The van der Waals surface area contributed by atoms with Crippen LogP contribution in [0.15, 0.2) is 6.20 Å². The number of primary amides is 1. The molecule has 0 aliphatic carbocycles. The van der Waals surface area contributed by atoms with Crippen LogP contribution in [0.3, 0.4) is 0 Å². The average Bonchev–Trinajstić information content (AvgIpc) is 2.74. The number of carbonyl (C=O) groups is 1. The van der Waals surface area contributed by atoms with E-state index < -0.39 is 0 Å². The minimum absolute atomic E-state index is 0.251. The number of nitrogens with one attached hydrogen (secondary N) is 1. The van der Waals surface area contributed by atoms with Gasteiger partial charge in [-0.05, 0) is 12.8 Å². The number of thiazole rings is 1. The highest BCUT2D eigenvalue weighted by Crippen LogP contribution is 2.18. The maximum atomic E-state index is 10.8. The Bertz CT molecular complexity index is 404. The van der Waals surface area contributed by atoms with Crippen LogP contribution >= 0.6 is 22.9 Å². The largest absolute Gasteiger partial charge is 0.369 e. The lowest BCUT2D eigenvalue weighted by molar-refractivity contribution is -0.119. The van der Waals surface area contributed by atoms with Crippen LogP contribution in [0.1, 0.15) is 17.8 Å². The van der Waals surface area contributed by atoms with Crippen molar-refractivity contribution < 1.29 is 4.79 Å². The molecule has 1 amide bonds. The van der Waals surface area contributed by atoms with Gasteiger partial charge in [-0.3, -0.25) is 9.69 Å². The predicted molar refractivity (Wildman–Crippen MR) is 72.6 cm³/mol. The third kappa shape index (κ3) is 4.20. The zero-order valence-electron chi connectivity index (χ0n) is 10.1.